The van der Waals surface area contributed by atoms with Crippen LogP contribution in [0.1, 0.15) is 143 Å². The van der Waals surface area contributed by atoms with Crippen molar-refractivity contribution >= 4 is 23.7 Å². The Morgan fingerprint density at radius 3 is 1.16 bits per heavy atom. The molecule has 4 aromatic carbocycles. The van der Waals surface area contributed by atoms with Crippen LogP contribution in [0.25, 0.3) is 0 Å². The molecule has 11 nitrogen and oxygen atoms in total. The first-order chi connectivity index (χ1) is 31.8. The van der Waals surface area contributed by atoms with Crippen LogP contribution in [-0.2, 0) is 0 Å². The van der Waals surface area contributed by atoms with Crippen molar-refractivity contribution in [2.75, 3.05) is 78.5 Å². The highest BCUT2D eigenvalue weighted by Gasteiger charge is 2.38. The Labute approximate surface area is 400 Å². The molecule has 2 saturated carbocycles. The van der Waals surface area contributed by atoms with E-state index in [0.29, 0.717) is 29.5 Å². The van der Waals surface area contributed by atoms with E-state index in [1.807, 2.05) is 69.3 Å². The minimum absolute atomic E-state index is 0. The van der Waals surface area contributed by atoms with Crippen LogP contribution < -0.4 is 5.32 Å². The molecule has 4 aliphatic heterocycles. The number of carboxylic acids is 1. The van der Waals surface area contributed by atoms with E-state index in [-0.39, 0.29) is 32.6 Å². The third-order valence-electron chi connectivity index (χ3n) is 14.6. The molecular weight excluding hydrogens is 837 g/mol. The summed E-state index contributed by atoms with van der Waals surface area (Å²) in [6, 6.07) is 35.6. The summed E-state index contributed by atoms with van der Waals surface area (Å²) in [5, 5.41) is 11.8. The normalized spacial score (nSPS) is 19.7. The molecule has 0 aromatic heterocycles. The van der Waals surface area contributed by atoms with Crippen LogP contribution in [0.5, 0.6) is 0 Å². The minimum Gasteiger partial charge on any atom is -0.478 e. The zero-order chi connectivity index (χ0) is 45.0. The van der Waals surface area contributed by atoms with E-state index in [1.54, 1.807) is 30.3 Å². The Hall–Kier alpha value is -5.36. The molecule has 67 heavy (non-hydrogen) atoms. The number of rotatable bonds is 8. The van der Waals surface area contributed by atoms with Crippen molar-refractivity contribution in [2.45, 2.75) is 103 Å². The van der Waals surface area contributed by atoms with Crippen LogP contribution >= 0.6 is 0 Å². The first-order valence-electron chi connectivity index (χ1n) is 24.4. The minimum atomic E-state index is -0.879. The molecule has 0 unspecified atom stereocenters. The average molecular weight is 913 g/mol. The van der Waals surface area contributed by atoms with Gasteiger partial charge in [0, 0.05) is 107 Å². The smallest absolute Gasteiger partial charge is 0.335 e. The Balaban J connectivity index is 0.000000186. The van der Waals surface area contributed by atoms with Crippen LogP contribution in [0, 0.1) is 0 Å². The Kier molecular flexibility index (Phi) is 19.1. The average Bonchev–Trinajstić information content (AvgIpc) is 3.35. The quantitative estimate of drug-likeness (QED) is 0.180. The Morgan fingerprint density at radius 2 is 0.776 bits per heavy atom. The van der Waals surface area contributed by atoms with E-state index >= 15 is 0 Å². The van der Waals surface area contributed by atoms with Gasteiger partial charge in [0.1, 0.15) is 0 Å². The first-order valence-corrected chi connectivity index (χ1v) is 24.4. The molecule has 4 saturated heterocycles. The van der Waals surface area contributed by atoms with Crippen molar-refractivity contribution in [1.29, 1.82) is 0 Å². The second-order valence-electron chi connectivity index (χ2n) is 18.8. The lowest BCUT2D eigenvalue weighted by Gasteiger charge is -2.48. The number of carbonyl (C=O) groups excluding carboxylic acids is 3. The number of likely N-dealkylation sites (tertiary alicyclic amines) is 2. The van der Waals surface area contributed by atoms with Gasteiger partial charge in [-0.2, -0.15) is 0 Å². The molecule has 11 heteroatoms. The monoisotopic (exact) mass is 913 g/mol. The van der Waals surface area contributed by atoms with Gasteiger partial charge in [-0.15, -0.1) is 0 Å². The van der Waals surface area contributed by atoms with E-state index in [9.17, 15) is 19.2 Å². The largest absolute Gasteiger partial charge is 0.478 e. The predicted molar refractivity (Wildman–Crippen MR) is 269 cm³/mol. The van der Waals surface area contributed by atoms with Gasteiger partial charge < -0.3 is 25.1 Å². The Bertz CT molecular complexity index is 2130. The predicted octanol–water partition coefficient (Wildman–Crippen LogP) is 9.14. The lowest BCUT2D eigenvalue weighted by Crippen LogP contribution is -2.64. The summed E-state index contributed by atoms with van der Waals surface area (Å²) in [6.07, 6.45) is 13.3. The number of carbonyl (C=O) groups is 4. The fourth-order valence-electron chi connectivity index (χ4n) is 10.4. The molecular formula is C56H76N6O5. The topological polar surface area (TPSA) is 117 Å². The summed E-state index contributed by atoms with van der Waals surface area (Å²) >= 11 is 0. The summed E-state index contributed by atoms with van der Waals surface area (Å²) in [5.74, 6) is 0.978. The Morgan fingerprint density at radius 1 is 0.418 bits per heavy atom. The molecule has 4 aromatic rings. The van der Waals surface area contributed by atoms with Crippen molar-refractivity contribution < 1.29 is 24.3 Å². The summed E-state index contributed by atoms with van der Waals surface area (Å²) in [4.78, 5) is 59.2. The van der Waals surface area contributed by atoms with Crippen molar-refractivity contribution in [1.82, 2.24) is 29.8 Å². The maximum absolute atomic E-state index is 12.9. The van der Waals surface area contributed by atoms with Gasteiger partial charge in [-0.3, -0.25) is 24.2 Å². The molecule has 0 radical (unpaired) electrons. The molecule has 6 aliphatic rings. The maximum atomic E-state index is 12.9. The van der Waals surface area contributed by atoms with Gasteiger partial charge in [0.25, 0.3) is 17.7 Å². The number of hydrogen-bond acceptors (Lipinski definition) is 7. The third kappa shape index (κ3) is 13.4. The number of nitrogens with zero attached hydrogens (tertiary/aromatic N) is 5. The number of aromatic carboxylic acids is 1. The van der Waals surface area contributed by atoms with Gasteiger partial charge in [0.05, 0.1) is 5.56 Å². The van der Waals surface area contributed by atoms with E-state index in [0.717, 1.165) is 95.2 Å². The lowest BCUT2D eigenvalue weighted by molar-refractivity contribution is 0.00851. The van der Waals surface area contributed by atoms with Crippen LogP contribution in [0.4, 0.5) is 0 Å². The van der Waals surface area contributed by atoms with Crippen LogP contribution in [0.15, 0.2) is 109 Å². The van der Waals surface area contributed by atoms with Crippen LogP contribution in [0.2, 0.25) is 0 Å². The summed E-state index contributed by atoms with van der Waals surface area (Å²) < 4.78 is 0. The molecule has 3 amide bonds. The highest BCUT2D eigenvalue weighted by Crippen LogP contribution is 2.34. The number of nitrogens with one attached hydrogen (secondary N) is 1. The number of benzene rings is 4. The van der Waals surface area contributed by atoms with Gasteiger partial charge in [-0.25, -0.2) is 4.79 Å². The van der Waals surface area contributed by atoms with Crippen molar-refractivity contribution in [3.8, 4) is 0 Å². The number of carboxylic acid groups (broad SMARTS) is 1. The zero-order valence-corrected chi connectivity index (χ0v) is 38.1. The molecule has 360 valence electrons. The SMILES string of the molecule is C.C.O=C(O)c1ccccc1.O=C(c1ccc(C2CCCCC2)cc1)N1CC(N2CCNCC2)C1.O=C(c1ccccc1)N1CCN(C2CN(C(=O)c3ccc(C4CCCCC4)cc3)C2)CC1. The second-order valence-corrected chi connectivity index (χ2v) is 18.8. The van der Waals surface area contributed by atoms with Crippen LogP contribution in [0.3, 0.4) is 0 Å². The number of hydrogen-bond donors (Lipinski definition) is 2. The number of amides is 3. The van der Waals surface area contributed by atoms with Crippen molar-refractivity contribution in [2.24, 2.45) is 0 Å². The van der Waals surface area contributed by atoms with E-state index in [1.165, 1.54) is 75.3 Å². The first kappa shape index (κ1) is 51.0. The van der Waals surface area contributed by atoms with Gasteiger partial charge in [-0.1, -0.05) is 114 Å². The summed E-state index contributed by atoms with van der Waals surface area (Å²) in [5.41, 5.74) is 5.57. The fraction of sp³-hybridized carbons (Fsp3) is 0.500. The van der Waals surface area contributed by atoms with Crippen molar-refractivity contribution in [3.63, 3.8) is 0 Å². The molecule has 2 N–H and O–H groups in total. The molecule has 0 atom stereocenters. The van der Waals surface area contributed by atoms with Crippen molar-refractivity contribution in [3.05, 3.63) is 143 Å². The third-order valence-corrected chi connectivity index (χ3v) is 14.6. The summed E-state index contributed by atoms with van der Waals surface area (Å²) in [7, 11) is 0. The highest BCUT2D eigenvalue weighted by atomic mass is 16.4. The lowest BCUT2D eigenvalue weighted by atomic mass is 9.84. The molecule has 0 bridgehead atoms. The van der Waals surface area contributed by atoms with Gasteiger partial charge in [0.2, 0.25) is 0 Å². The van der Waals surface area contributed by atoms with E-state index in [2.05, 4.69) is 39.4 Å². The van der Waals surface area contributed by atoms with Gasteiger partial charge >= 0.3 is 5.97 Å². The molecule has 4 heterocycles. The molecule has 10 rings (SSSR count). The number of piperazine rings is 2. The molecule has 0 spiro atoms. The molecule has 6 fully saturated rings. The fourth-order valence-corrected chi connectivity index (χ4v) is 10.4. The second kappa shape index (κ2) is 25.1. The van der Waals surface area contributed by atoms with E-state index < -0.39 is 5.97 Å². The standard InChI is InChI=1S/C27H33N3O2.C20H29N3O.C7H6O2.2CH4/c31-26(23-9-5-2-6-10-23)29-17-15-28(16-18-29)25-19-30(20-25)27(32)24-13-11-22(12-14-24)21-7-3-1-4-8-21;24-20(23-14-19(15-23)22-12-10-21-11-13-22)18-8-6-17(7-9-18)16-4-2-1-3-5-16;8-7(9)6-4-2-1-3-5-6;;/h2,5-6,9-14,21,25H,1,3-4,7-8,15-20H2;6-9,16,19,21H,1-5,10-15H2;1-5H,(H,8,9);2*1H4. The van der Waals surface area contributed by atoms with E-state index in [4.69, 9.17) is 5.11 Å². The highest BCUT2D eigenvalue weighted by molar-refractivity contribution is 5.96. The molecule has 2 aliphatic carbocycles. The van der Waals surface area contributed by atoms with Gasteiger partial charge in [0.15, 0.2) is 0 Å². The maximum Gasteiger partial charge on any atom is 0.335 e. The van der Waals surface area contributed by atoms with Gasteiger partial charge in [-0.05, 0) is 97.2 Å². The van der Waals surface area contributed by atoms with Crippen LogP contribution in [-0.4, -0.2) is 144 Å². The summed E-state index contributed by atoms with van der Waals surface area (Å²) in [6.45, 7) is 11.0. The zero-order valence-electron chi connectivity index (χ0n) is 38.1.